The monoisotopic (exact) mass is 344 g/mol. The second kappa shape index (κ2) is 7.09. The van der Waals surface area contributed by atoms with Crippen molar-refractivity contribution in [2.75, 3.05) is 5.75 Å². The Bertz CT molecular complexity index is 706. The summed E-state index contributed by atoms with van der Waals surface area (Å²) >= 11 is 3.22. The molecule has 0 amide bonds. The molecule has 7 heteroatoms. The Labute approximate surface area is 134 Å². The second-order valence-corrected chi connectivity index (χ2v) is 8.93. The van der Waals surface area contributed by atoms with Crippen LogP contribution in [0.3, 0.4) is 0 Å². The first-order chi connectivity index (χ1) is 10.00. The van der Waals surface area contributed by atoms with E-state index in [0.29, 0.717) is 4.90 Å². The molecule has 0 bridgehead atoms. The summed E-state index contributed by atoms with van der Waals surface area (Å²) in [4.78, 5) is 4.80. The third-order valence-corrected chi connectivity index (χ3v) is 6.79. The van der Waals surface area contributed by atoms with Gasteiger partial charge in [-0.1, -0.05) is 32.5 Å². The van der Waals surface area contributed by atoms with Crippen molar-refractivity contribution < 1.29 is 8.42 Å². The van der Waals surface area contributed by atoms with Crippen molar-refractivity contribution in [2.24, 2.45) is 0 Å². The molecule has 0 unspecified atom stereocenters. The second-order valence-electron chi connectivity index (χ2n) is 4.68. The molecule has 1 aromatic carbocycles. The van der Waals surface area contributed by atoms with Gasteiger partial charge in [0.15, 0.2) is 4.34 Å². The summed E-state index contributed by atoms with van der Waals surface area (Å²) in [5, 5.41) is 0. The third kappa shape index (κ3) is 3.97. The van der Waals surface area contributed by atoms with Crippen molar-refractivity contribution in [1.29, 1.82) is 0 Å². The highest BCUT2D eigenvalue weighted by atomic mass is 32.2. The van der Waals surface area contributed by atoms with Crippen molar-refractivity contribution in [3.63, 3.8) is 0 Å². The normalized spacial score (nSPS) is 12.4. The zero-order valence-electron chi connectivity index (χ0n) is 12.4. The first kappa shape index (κ1) is 16.7. The van der Waals surface area contributed by atoms with E-state index >= 15 is 0 Å². The maximum atomic E-state index is 12.4. The number of hydrogen-bond donors (Lipinski definition) is 1. The Hall–Kier alpha value is -0.630. The highest BCUT2D eigenvalue weighted by Gasteiger charge is 2.19. The van der Waals surface area contributed by atoms with Gasteiger partial charge in [-0.15, -0.1) is 11.3 Å². The minimum absolute atomic E-state index is 0.0154. The van der Waals surface area contributed by atoms with Gasteiger partial charge < -0.3 is 0 Å². The van der Waals surface area contributed by atoms with E-state index in [-0.39, 0.29) is 6.04 Å². The van der Waals surface area contributed by atoms with Crippen LogP contribution in [0.1, 0.15) is 33.6 Å². The summed E-state index contributed by atoms with van der Waals surface area (Å²) in [6, 6.07) is 5.12. The molecular formula is C14H20N2O2S3. The quantitative estimate of drug-likeness (QED) is 0.775. The van der Waals surface area contributed by atoms with Crippen LogP contribution < -0.4 is 4.72 Å². The van der Waals surface area contributed by atoms with Crippen LogP contribution in [0.25, 0.3) is 10.2 Å². The molecule has 0 fully saturated rings. The number of fused-ring (bicyclic) bond motifs is 1. The van der Waals surface area contributed by atoms with Gasteiger partial charge in [0.2, 0.25) is 10.0 Å². The van der Waals surface area contributed by atoms with E-state index in [1.165, 1.54) is 0 Å². The number of sulfonamides is 1. The molecule has 1 aromatic heterocycles. The van der Waals surface area contributed by atoms with Crippen LogP contribution in [-0.4, -0.2) is 25.2 Å². The molecule has 21 heavy (non-hydrogen) atoms. The largest absolute Gasteiger partial charge is 0.240 e. The molecule has 1 N–H and O–H groups in total. The molecule has 116 valence electrons. The zero-order valence-corrected chi connectivity index (χ0v) is 14.9. The molecule has 0 saturated heterocycles. The van der Waals surface area contributed by atoms with Gasteiger partial charge in [-0.25, -0.2) is 18.1 Å². The van der Waals surface area contributed by atoms with E-state index in [4.69, 9.17) is 0 Å². The fraction of sp³-hybridized carbons (Fsp3) is 0.500. The molecule has 0 atom stereocenters. The Morgan fingerprint density at radius 3 is 2.62 bits per heavy atom. The minimum Gasteiger partial charge on any atom is -0.230 e. The third-order valence-electron chi connectivity index (χ3n) is 3.23. The number of hydrogen-bond acceptors (Lipinski definition) is 5. The SMILES string of the molecule is CCSc1nc2ccc(S(=O)(=O)NC(CC)CC)cc2s1. The van der Waals surface area contributed by atoms with Crippen LogP contribution >= 0.6 is 23.1 Å². The van der Waals surface area contributed by atoms with Crippen molar-refractivity contribution in [2.45, 2.75) is 48.9 Å². The summed E-state index contributed by atoms with van der Waals surface area (Å²) in [6.45, 7) is 6.04. The molecule has 2 aromatic rings. The fourth-order valence-corrected chi connectivity index (χ4v) is 5.49. The molecule has 0 radical (unpaired) electrons. The number of nitrogens with one attached hydrogen (secondary N) is 1. The lowest BCUT2D eigenvalue weighted by atomic mass is 10.2. The summed E-state index contributed by atoms with van der Waals surface area (Å²) in [5.41, 5.74) is 0.859. The summed E-state index contributed by atoms with van der Waals surface area (Å²) < 4.78 is 29.5. The van der Waals surface area contributed by atoms with Gasteiger partial charge in [-0.2, -0.15) is 0 Å². The van der Waals surface area contributed by atoms with Crippen molar-refractivity contribution >= 4 is 43.3 Å². The van der Waals surface area contributed by atoms with Gasteiger partial charge in [0.25, 0.3) is 0 Å². The van der Waals surface area contributed by atoms with Crippen LogP contribution in [-0.2, 0) is 10.0 Å². The average Bonchev–Trinajstić information content (AvgIpc) is 2.86. The topological polar surface area (TPSA) is 59.1 Å². The first-order valence-electron chi connectivity index (χ1n) is 7.05. The summed E-state index contributed by atoms with van der Waals surface area (Å²) in [6.07, 6.45) is 1.58. The van der Waals surface area contributed by atoms with E-state index in [1.807, 2.05) is 13.8 Å². The Kier molecular flexibility index (Phi) is 5.65. The number of rotatable bonds is 7. The van der Waals surface area contributed by atoms with E-state index in [2.05, 4.69) is 16.6 Å². The van der Waals surface area contributed by atoms with Crippen molar-refractivity contribution in [1.82, 2.24) is 9.71 Å². The molecule has 0 aliphatic heterocycles. The van der Waals surface area contributed by atoms with Crippen molar-refractivity contribution in [3.05, 3.63) is 18.2 Å². The van der Waals surface area contributed by atoms with Gasteiger partial charge in [-0.05, 0) is 36.8 Å². The predicted molar refractivity (Wildman–Crippen MR) is 90.7 cm³/mol. The summed E-state index contributed by atoms with van der Waals surface area (Å²) in [5.74, 6) is 0.960. The van der Waals surface area contributed by atoms with Gasteiger partial charge in [0, 0.05) is 6.04 Å². The fourth-order valence-electron chi connectivity index (χ4n) is 1.98. The molecule has 4 nitrogen and oxygen atoms in total. The number of thiazole rings is 1. The first-order valence-corrected chi connectivity index (χ1v) is 10.3. The molecule has 2 rings (SSSR count). The summed E-state index contributed by atoms with van der Waals surface area (Å²) in [7, 11) is -3.46. The van der Waals surface area contributed by atoms with Crippen LogP contribution in [0.5, 0.6) is 0 Å². The Morgan fingerprint density at radius 1 is 1.29 bits per heavy atom. The lowest BCUT2D eigenvalue weighted by Gasteiger charge is -2.14. The van der Waals surface area contributed by atoms with E-state index in [1.54, 1.807) is 41.3 Å². The Balaban J connectivity index is 2.33. The van der Waals surface area contributed by atoms with Crippen LogP contribution in [0, 0.1) is 0 Å². The zero-order chi connectivity index (χ0) is 15.5. The lowest BCUT2D eigenvalue weighted by molar-refractivity contribution is 0.530. The van der Waals surface area contributed by atoms with Gasteiger partial charge >= 0.3 is 0 Å². The van der Waals surface area contributed by atoms with Gasteiger partial charge in [0.1, 0.15) is 0 Å². The molecular weight excluding hydrogens is 324 g/mol. The number of benzene rings is 1. The number of nitrogens with zero attached hydrogens (tertiary/aromatic N) is 1. The molecule has 0 saturated carbocycles. The number of aromatic nitrogens is 1. The lowest BCUT2D eigenvalue weighted by Crippen LogP contribution is -2.33. The minimum atomic E-state index is -3.46. The molecule has 0 spiro atoms. The van der Waals surface area contributed by atoms with Gasteiger partial charge in [0.05, 0.1) is 15.1 Å². The number of thioether (sulfide) groups is 1. The maximum Gasteiger partial charge on any atom is 0.240 e. The van der Waals surface area contributed by atoms with E-state index < -0.39 is 10.0 Å². The maximum absolute atomic E-state index is 12.4. The molecule has 0 aliphatic carbocycles. The molecule has 1 heterocycles. The Morgan fingerprint density at radius 2 is 2.00 bits per heavy atom. The van der Waals surface area contributed by atoms with E-state index in [9.17, 15) is 8.42 Å². The highest BCUT2D eigenvalue weighted by Crippen LogP contribution is 2.30. The smallest absolute Gasteiger partial charge is 0.230 e. The average molecular weight is 345 g/mol. The highest BCUT2D eigenvalue weighted by molar-refractivity contribution is 8.01. The van der Waals surface area contributed by atoms with E-state index in [0.717, 1.165) is 33.2 Å². The van der Waals surface area contributed by atoms with Crippen LogP contribution in [0.15, 0.2) is 27.4 Å². The van der Waals surface area contributed by atoms with Crippen LogP contribution in [0.4, 0.5) is 0 Å². The van der Waals surface area contributed by atoms with Crippen molar-refractivity contribution in [3.8, 4) is 0 Å². The van der Waals surface area contributed by atoms with Gasteiger partial charge in [-0.3, -0.25) is 0 Å². The predicted octanol–water partition coefficient (Wildman–Crippen LogP) is 3.88. The molecule has 0 aliphatic rings. The van der Waals surface area contributed by atoms with Crippen LogP contribution in [0.2, 0.25) is 0 Å². The standard InChI is InChI=1S/C14H20N2O2S3/c1-4-10(5-2)16-21(17,18)11-7-8-12-13(9-11)20-14(15-12)19-6-3/h7-10,16H,4-6H2,1-3H3.